The Balaban J connectivity index is 2.53. The molecule has 0 unspecified atom stereocenters. The summed E-state index contributed by atoms with van der Waals surface area (Å²) in [5.74, 6) is 1.43. The molecule has 1 rings (SSSR count). The molecule has 0 aliphatic heterocycles. The molecule has 3 nitrogen and oxygen atoms in total. The van der Waals surface area contributed by atoms with E-state index >= 15 is 0 Å². The molecule has 0 aliphatic rings. The van der Waals surface area contributed by atoms with E-state index in [2.05, 4.69) is 24.1 Å². The van der Waals surface area contributed by atoms with Crippen LogP contribution in [0.3, 0.4) is 0 Å². The lowest BCUT2D eigenvalue weighted by Crippen LogP contribution is -2.15. The standard InChI is InChI=1S/C10H17N3/c1-3-5-8(2)12-10-7-4-6-9(11)13-10/h4,6-8H,3,5H2,1-2H3,(H3,11,12,13)/t8-/m0/s1. The maximum Gasteiger partial charge on any atom is 0.128 e. The van der Waals surface area contributed by atoms with Gasteiger partial charge >= 0.3 is 0 Å². The average Bonchev–Trinajstić information content (AvgIpc) is 2.04. The topological polar surface area (TPSA) is 50.9 Å². The molecule has 1 heterocycles. The van der Waals surface area contributed by atoms with E-state index in [-0.39, 0.29) is 0 Å². The van der Waals surface area contributed by atoms with Crippen molar-refractivity contribution < 1.29 is 0 Å². The van der Waals surface area contributed by atoms with E-state index in [0.29, 0.717) is 11.9 Å². The molecule has 0 saturated heterocycles. The highest BCUT2D eigenvalue weighted by Gasteiger charge is 2.00. The highest BCUT2D eigenvalue weighted by Crippen LogP contribution is 2.09. The van der Waals surface area contributed by atoms with Crippen LogP contribution >= 0.6 is 0 Å². The van der Waals surface area contributed by atoms with Gasteiger partial charge in [-0.2, -0.15) is 0 Å². The van der Waals surface area contributed by atoms with Gasteiger partial charge in [-0.05, 0) is 25.5 Å². The zero-order valence-electron chi connectivity index (χ0n) is 8.25. The number of nitrogens with zero attached hydrogens (tertiary/aromatic N) is 1. The number of rotatable bonds is 4. The molecular weight excluding hydrogens is 162 g/mol. The summed E-state index contributed by atoms with van der Waals surface area (Å²) in [5, 5.41) is 3.29. The van der Waals surface area contributed by atoms with Crippen molar-refractivity contribution in [2.75, 3.05) is 11.1 Å². The Kier molecular flexibility index (Phi) is 3.55. The molecule has 3 N–H and O–H groups in total. The number of anilines is 2. The summed E-state index contributed by atoms with van der Waals surface area (Å²) in [6, 6.07) is 6.08. The fourth-order valence-electron chi connectivity index (χ4n) is 1.29. The number of nitrogens with two attached hydrogens (primary N) is 1. The fourth-order valence-corrected chi connectivity index (χ4v) is 1.29. The zero-order chi connectivity index (χ0) is 9.68. The first-order valence-electron chi connectivity index (χ1n) is 4.71. The molecule has 13 heavy (non-hydrogen) atoms. The first-order chi connectivity index (χ1) is 6.22. The van der Waals surface area contributed by atoms with Crippen LogP contribution in [0.2, 0.25) is 0 Å². The second-order valence-corrected chi connectivity index (χ2v) is 3.28. The van der Waals surface area contributed by atoms with Crippen LogP contribution in [0.4, 0.5) is 11.6 Å². The molecule has 1 atom stereocenters. The zero-order valence-corrected chi connectivity index (χ0v) is 8.25. The van der Waals surface area contributed by atoms with Crippen LogP contribution in [0.1, 0.15) is 26.7 Å². The van der Waals surface area contributed by atoms with Crippen LogP contribution < -0.4 is 11.1 Å². The van der Waals surface area contributed by atoms with E-state index < -0.39 is 0 Å². The minimum absolute atomic E-state index is 0.458. The van der Waals surface area contributed by atoms with Crippen molar-refractivity contribution in [2.45, 2.75) is 32.7 Å². The lowest BCUT2D eigenvalue weighted by molar-refractivity contribution is 0.688. The molecule has 0 radical (unpaired) electrons. The Morgan fingerprint density at radius 2 is 2.31 bits per heavy atom. The number of nitrogen functional groups attached to an aromatic ring is 1. The molecule has 3 heteroatoms. The number of hydrogen-bond donors (Lipinski definition) is 2. The van der Waals surface area contributed by atoms with Gasteiger partial charge in [-0.3, -0.25) is 0 Å². The summed E-state index contributed by atoms with van der Waals surface area (Å²) >= 11 is 0. The van der Waals surface area contributed by atoms with Crippen molar-refractivity contribution in [3.8, 4) is 0 Å². The van der Waals surface area contributed by atoms with Gasteiger partial charge in [0.25, 0.3) is 0 Å². The number of aromatic nitrogens is 1. The van der Waals surface area contributed by atoms with Gasteiger partial charge in [0.15, 0.2) is 0 Å². The molecule has 0 bridgehead atoms. The molecule has 0 aliphatic carbocycles. The van der Waals surface area contributed by atoms with E-state index in [1.165, 1.54) is 6.42 Å². The molecule has 1 aromatic heterocycles. The summed E-state index contributed by atoms with van der Waals surface area (Å²) in [5.41, 5.74) is 5.56. The molecular formula is C10H17N3. The van der Waals surface area contributed by atoms with Crippen molar-refractivity contribution in [3.63, 3.8) is 0 Å². The van der Waals surface area contributed by atoms with Crippen LogP contribution in [0.5, 0.6) is 0 Å². The lowest BCUT2D eigenvalue weighted by atomic mass is 10.2. The third kappa shape index (κ3) is 3.32. The number of nitrogens with one attached hydrogen (secondary N) is 1. The largest absolute Gasteiger partial charge is 0.384 e. The normalized spacial score (nSPS) is 12.5. The van der Waals surface area contributed by atoms with E-state index in [9.17, 15) is 0 Å². The minimum atomic E-state index is 0.458. The molecule has 1 aromatic rings. The average molecular weight is 179 g/mol. The van der Waals surface area contributed by atoms with Gasteiger partial charge in [0.2, 0.25) is 0 Å². The van der Waals surface area contributed by atoms with Gasteiger partial charge in [-0.1, -0.05) is 19.4 Å². The van der Waals surface area contributed by atoms with Gasteiger partial charge < -0.3 is 11.1 Å². The third-order valence-corrected chi connectivity index (χ3v) is 1.89. The molecule has 72 valence electrons. The predicted octanol–water partition coefficient (Wildman–Crippen LogP) is 2.26. The van der Waals surface area contributed by atoms with E-state index in [1.807, 2.05) is 12.1 Å². The summed E-state index contributed by atoms with van der Waals surface area (Å²) in [6.07, 6.45) is 2.33. The van der Waals surface area contributed by atoms with Crippen LogP contribution in [-0.2, 0) is 0 Å². The van der Waals surface area contributed by atoms with Gasteiger partial charge in [0.1, 0.15) is 11.6 Å². The number of pyridine rings is 1. The summed E-state index contributed by atoms with van der Waals surface area (Å²) < 4.78 is 0. The second-order valence-electron chi connectivity index (χ2n) is 3.28. The Morgan fingerprint density at radius 3 is 2.92 bits per heavy atom. The molecule has 0 aromatic carbocycles. The van der Waals surface area contributed by atoms with Gasteiger partial charge in [-0.15, -0.1) is 0 Å². The summed E-state index contributed by atoms with van der Waals surface area (Å²) in [6.45, 7) is 4.32. The molecule has 0 fully saturated rings. The van der Waals surface area contributed by atoms with Crippen molar-refractivity contribution >= 4 is 11.6 Å². The van der Waals surface area contributed by atoms with Gasteiger partial charge in [0.05, 0.1) is 0 Å². The van der Waals surface area contributed by atoms with Crippen molar-refractivity contribution in [2.24, 2.45) is 0 Å². The van der Waals surface area contributed by atoms with E-state index in [1.54, 1.807) is 6.07 Å². The fraction of sp³-hybridized carbons (Fsp3) is 0.500. The minimum Gasteiger partial charge on any atom is -0.384 e. The quantitative estimate of drug-likeness (QED) is 0.745. The van der Waals surface area contributed by atoms with Crippen molar-refractivity contribution in [1.29, 1.82) is 0 Å². The Hall–Kier alpha value is -1.25. The lowest BCUT2D eigenvalue weighted by Gasteiger charge is -2.13. The van der Waals surface area contributed by atoms with Gasteiger partial charge in [0, 0.05) is 6.04 Å². The van der Waals surface area contributed by atoms with Crippen molar-refractivity contribution in [1.82, 2.24) is 4.98 Å². The summed E-state index contributed by atoms with van der Waals surface area (Å²) in [4.78, 5) is 4.16. The molecule has 0 amide bonds. The predicted molar refractivity (Wildman–Crippen MR) is 56.6 cm³/mol. The Bertz CT molecular complexity index is 260. The Labute approximate surface area is 79.4 Å². The first kappa shape index (κ1) is 9.84. The smallest absolute Gasteiger partial charge is 0.128 e. The van der Waals surface area contributed by atoms with Crippen LogP contribution in [0.25, 0.3) is 0 Å². The third-order valence-electron chi connectivity index (χ3n) is 1.89. The summed E-state index contributed by atoms with van der Waals surface area (Å²) in [7, 11) is 0. The monoisotopic (exact) mass is 179 g/mol. The maximum absolute atomic E-state index is 5.56. The molecule has 0 spiro atoms. The maximum atomic E-state index is 5.56. The number of hydrogen-bond acceptors (Lipinski definition) is 3. The second kappa shape index (κ2) is 4.70. The first-order valence-corrected chi connectivity index (χ1v) is 4.71. The SMILES string of the molecule is CCC[C@H](C)Nc1cccc(N)n1. The Morgan fingerprint density at radius 1 is 1.54 bits per heavy atom. The van der Waals surface area contributed by atoms with Gasteiger partial charge in [-0.25, -0.2) is 4.98 Å². The van der Waals surface area contributed by atoms with Crippen LogP contribution in [-0.4, -0.2) is 11.0 Å². The molecule has 0 saturated carbocycles. The van der Waals surface area contributed by atoms with Crippen LogP contribution in [0, 0.1) is 0 Å². The van der Waals surface area contributed by atoms with E-state index in [0.717, 1.165) is 12.2 Å². The van der Waals surface area contributed by atoms with Crippen LogP contribution in [0.15, 0.2) is 18.2 Å². The highest BCUT2D eigenvalue weighted by atomic mass is 15.0. The van der Waals surface area contributed by atoms with Crippen molar-refractivity contribution in [3.05, 3.63) is 18.2 Å². The highest BCUT2D eigenvalue weighted by molar-refractivity contribution is 5.42. The van der Waals surface area contributed by atoms with E-state index in [4.69, 9.17) is 5.73 Å².